The van der Waals surface area contributed by atoms with Gasteiger partial charge in [-0.3, -0.25) is 0 Å². The lowest BCUT2D eigenvalue weighted by Gasteiger charge is -2.39. The van der Waals surface area contributed by atoms with Crippen LogP contribution in [0.25, 0.3) is 17.7 Å². The third-order valence-electron chi connectivity index (χ3n) is 7.74. The van der Waals surface area contributed by atoms with Gasteiger partial charge in [0.05, 0.1) is 17.8 Å². The van der Waals surface area contributed by atoms with E-state index in [0.29, 0.717) is 12.8 Å². The topological polar surface area (TPSA) is 38.7 Å². The molecule has 0 saturated carbocycles. The number of aliphatic hydroxyl groups is 1. The van der Waals surface area contributed by atoms with Gasteiger partial charge in [0.1, 0.15) is 0 Å². The third kappa shape index (κ3) is 11.4. The largest absolute Gasteiger partial charge is 0.410 e. The maximum atomic E-state index is 10.6. The van der Waals surface area contributed by atoms with Gasteiger partial charge in [0.15, 0.2) is 0 Å². The van der Waals surface area contributed by atoms with Crippen molar-refractivity contribution in [2.24, 2.45) is 10.8 Å². The predicted octanol–water partition coefficient (Wildman–Crippen LogP) is 11.1. The minimum absolute atomic E-state index is 0.00612. The number of hydrogen-bond donors (Lipinski definition) is 1. The van der Waals surface area contributed by atoms with Crippen LogP contribution in [-0.4, -0.2) is 28.8 Å². The van der Waals surface area contributed by atoms with Crippen molar-refractivity contribution in [2.75, 3.05) is 0 Å². The normalized spacial score (nSPS) is 15.3. The smallest absolute Gasteiger partial charge is 0.205 e. The molecule has 43 heavy (non-hydrogen) atoms. The van der Waals surface area contributed by atoms with Crippen molar-refractivity contribution in [3.63, 3.8) is 0 Å². The quantitative estimate of drug-likeness (QED) is 0.138. The van der Waals surface area contributed by atoms with Gasteiger partial charge < -0.3 is 14.0 Å². The zero-order chi connectivity index (χ0) is 32.6. The standard InChI is InChI=1S/C38H58O3Si2/c1-14-38(39,15-2)25-17-18-28(3)31-20-16-19-29(26-31)21-22-30-23-24-32(34(36(4,5)6)40-42(10)11)33(27-30)35(37(7,8)9)41-43(12)13/h16-27,34-35,39H,14-15H2,1-13H3/b22-21+,25-17+,28-18+. The third-order valence-corrected chi connectivity index (χ3v) is 9.16. The van der Waals surface area contributed by atoms with Gasteiger partial charge in [-0.1, -0.05) is 116 Å². The second kappa shape index (κ2) is 15.8. The van der Waals surface area contributed by atoms with Gasteiger partial charge in [0.25, 0.3) is 0 Å². The SMILES string of the molecule is CCC(O)(/C=C/C=C(\C)c1cccc(/C=C/c2ccc(C(O[Si](C)C)C(C)(C)C)c(C(O[Si](C)C)C(C)(C)C)c2)c1)CC. The number of benzene rings is 2. The van der Waals surface area contributed by atoms with Crippen molar-refractivity contribution >= 4 is 35.8 Å². The molecule has 0 aromatic heterocycles. The average molecular weight is 619 g/mol. The first-order valence-corrected chi connectivity index (χ1v) is 20.7. The van der Waals surface area contributed by atoms with Crippen LogP contribution in [0.2, 0.25) is 26.2 Å². The van der Waals surface area contributed by atoms with Gasteiger partial charge in [-0.15, -0.1) is 0 Å². The highest BCUT2D eigenvalue weighted by Crippen LogP contribution is 2.45. The maximum absolute atomic E-state index is 10.6. The van der Waals surface area contributed by atoms with Crippen LogP contribution in [0.15, 0.2) is 60.7 Å². The summed E-state index contributed by atoms with van der Waals surface area (Å²) < 4.78 is 13.4. The molecule has 0 aliphatic carbocycles. The molecular formula is C38H58O3Si2. The minimum atomic E-state index is -0.937. The molecule has 2 rings (SSSR count). The molecule has 1 N–H and O–H groups in total. The molecular weight excluding hydrogens is 561 g/mol. The summed E-state index contributed by atoms with van der Waals surface area (Å²) in [6.07, 6.45) is 11.8. The van der Waals surface area contributed by atoms with Crippen LogP contribution in [0, 0.1) is 10.8 Å². The van der Waals surface area contributed by atoms with Crippen molar-refractivity contribution < 1.29 is 14.0 Å². The summed E-state index contributed by atoms with van der Waals surface area (Å²) in [7, 11) is -1.85. The molecule has 3 nitrogen and oxygen atoms in total. The minimum Gasteiger partial charge on any atom is -0.410 e. The van der Waals surface area contributed by atoms with E-state index in [1.165, 1.54) is 16.7 Å². The summed E-state index contributed by atoms with van der Waals surface area (Å²) in [6.45, 7) is 28.7. The molecule has 0 spiro atoms. The van der Waals surface area contributed by atoms with Gasteiger partial charge in [0, 0.05) is 0 Å². The Balaban J connectivity index is 2.54. The Hall–Kier alpha value is -2.03. The number of rotatable bonds is 13. The highest BCUT2D eigenvalue weighted by atomic mass is 28.3. The molecule has 5 heteroatoms. The average Bonchev–Trinajstić information content (AvgIpc) is 2.92. The van der Waals surface area contributed by atoms with E-state index in [1.54, 1.807) is 0 Å². The van der Waals surface area contributed by atoms with Crippen LogP contribution in [0.1, 0.15) is 115 Å². The fraction of sp³-hybridized carbons (Fsp3) is 0.526. The van der Waals surface area contributed by atoms with Crippen molar-refractivity contribution in [1.29, 1.82) is 0 Å². The second-order valence-electron chi connectivity index (χ2n) is 14.4. The Labute approximate surface area is 267 Å². The van der Waals surface area contributed by atoms with Crippen LogP contribution >= 0.6 is 0 Å². The summed E-state index contributed by atoms with van der Waals surface area (Å²) in [6, 6.07) is 15.4. The fourth-order valence-electron chi connectivity index (χ4n) is 5.08. The molecule has 2 radical (unpaired) electrons. The second-order valence-corrected chi connectivity index (χ2v) is 18.5. The fourth-order valence-corrected chi connectivity index (χ4v) is 6.99. The Morgan fingerprint density at radius 1 is 0.767 bits per heavy atom. The van der Waals surface area contributed by atoms with E-state index in [-0.39, 0.29) is 23.0 Å². The number of hydrogen-bond acceptors (Lipinski definition) is 3. The van der Waals surface area contributed by atoms with E-state index >= 15 is 0 Å². The molecule has 0 amide bonds. The first-order chi connectivity index (χ1) is 19.9. The van der Waals surface area contributed by atoms with E-state index < -0.39 is 23.7 Å². The highest BCUT2D eigenvalue weighted by Gasteiger charge is 2.36. The monoisotopic (exact) mass is 618 g/mol. The lowest BCUT2D eigenvalue weighted by atomic mass is 9.77. The van der Waals surface area contributed by atoms with Gasteiger partial charge in [-0.05, 0) is 102 Å². The summed E-state index contributed by atoms with van der Waals surface area (Å²) in [4.78, 5) is 0. The lowest BCUT2D eigenvalue weighted by molar-refractivity contribution is 0.0656. The van der Waals surface area contributed by atoms with Gasteiger partial charge in [-0.25, -0.2) is 0 Å². The maximum Gasteiger partial charge on any atom is 0.205 e. The van der Waals surface area contributed by atoms with Crippen LogP contribution in [-0.2, 0) is 8.85 Å². The van der Waals surface area contributed by atoms with Crippen molar-refractivity contribution in [2.45, 2.75) is 119 Å². The first-order valence-electron chi connectivity index (χ1n) is 15.8. The van der Waals surface area contributed by atoms with Crippen LogP contribution < -0.4 is 0 Å². The van der Waals surface area contributed by atoms with E-state index in [4.69, 9.17) is 8.85 Å². The van der Waals surface area contributed by atoms with Crippen LogP contribution in [0.3, 0.4) is 0 Å². The van der Waals surface area contributed by atoms with Gasteiger partial charge in [-0.2, -0.15) is 0 Å². The van der Waals surface area contributed by atoms with Crippen molar-refractivity contribution in [1.82, 2.24) is 0 Å². The lowest BCUT2D eigenvalue weighted by Crippen LogP contribution is -2.31. The molecule has 0 bridgehead atoms. The van der Waals surface area contributed by atoms with E-state index in [1.807, 2.05) is 26.0 Å². The van der Waals surface area contributed by atoms with E-state index in [0.717, 1.165) is 16.7 Å². The zero-order valence-corrected chi connectivity index (χ0v) is 31.3. The predicted molar refractivity (Wildman–Crippen MR) is 192 cm³/mol. The van der Waals surface area contributed by atoms with Crippen LogP contribution in [0.5, 0.6) is 0 Å². The summed E-state index contributed by atoms with van der Waals surface area (Å²) in [5.74, 6) is 0. The van der Waals surface area contributed by atoms with E-state index in [9.17, 15) is 5.11 Å². The molecule has 2 aromatic rings. The molecule has 2 atom stereocenters. The van der Waals surface area contributed by atoms with Crippen LogP contribution in [0.4, 0.5) is 0 Å². The molecule has 0 aliphatic rings. The molecule has 0 saturated heterocycles. The number of allylic oxidation sites excluding steroid dienone is 3. The van der Waals surface area contributed by atoms with Gasteiger partial charge >= 0.3 is 0 Å². The highest BCUT2D eigenvalue weighted by molar-refractivity contribution is 6.48. The Morgan fingerprint density at radius 3 is 1.77 bits per heavy atom. The van der Waals surface area contributed by atoms with Crippen molar-refractivity contribution in [3.8, 4) is 0 Å². The van der Waals surface area contributed by atoms with E-state index in [2.05, 4.69) is 135 Å². The molecule has 2 aromatic carbocycles. The molecule has 0 heterocycles. The zero-order valence-electron chi connectivity index (χ0n) is 29.3. The first kappa shape index (κ1) is 37.2. The Bertz CT molecular complexity index is 1250. The summed E-state index contributed by atoms with van der Waals surface area (Å²) in [5.41, 5.74) is 6.27. The summed E-state index contributed by atoms with van der Waals surface area (Å²) in [5, 5.41) is 10.6. The summed E-state index contributed by atoms with van der Waals surface area (Å²) >= 11 is 0. The molecule has 0 fully saturated rings. The van der Waals surface area contributed by atoms with Gasteiger partial charge in [0.2, 0.25) is 18.1 Å². The molecule has 2 unspecified atom stereocenters. The Kier molecular flexibility index (Phi) is 13.7. The molecule has 0 aliphatic heterocycles. The molecule has 236 valence electrons. The Morgan fingerprint density at radius 2 is 1.28 bits per heavy atom. The van der Waals surface area contributed by atoms with Crippen molar-refractivity contribution in [3.05, 3.63) is 88.5 Å².